The highest BCUT2D eigenvalue weighted by Crippen LogP contribution is 2.31. The van der Waals surface area contributed by atoms with Gasteiger partial charge in [-0.2, -0.15) is 13.2 Å². The van der Waals surface area contributed by atoms with Crippen molar-refractivity contribution in [2.45, 2.75) is 26.3 Å². The van der Waals surface area contributed by atoms with E-state index >= 15 is 0 Å². The molecule has 0 aliphatic carbocycles. The summed E-state index contributed by atoms with van der Waals surface area (Å²) in [5.41, 5.74) is 3.04. The Morgan fingerprint density at radius 3 is 2.41 bits per heavy atom. The molecule has 0 aliphatic heterocycles. The fourth-order valence-corrected chi connectivity index (χ4v) is 2.66. The Morgan fingerprint density at radius 2 is 1.79 bits per heavy atom. The quantitative estimate of drug-likeness (QED) is 0.550. The molecule has 0 fully saturated rings. The molecule has 29 heavy (non-hydrogen) atoms. The third-order valence-electron chi connectivity index (χ3n) is 4.19. The molecule has 0 saturated carbocycles. The van der Waals surface area contributed by atoms with Gasteiger partial charge in [-0.3, -0.25) is 0 Å². The Hall–Kier alpha value is -3.04. The average Bonchev–Trinajstić information content (AvgIpc) is 3.06. The number of benzene rings is 2. The first kappa shape index (κ1) is 20.7. The number of nitrogens with zero attached hydrogens (tertiary/aromatic N) is 1. The first-order chi connectivity index (χ1) is 13.8. The Balaban J connectivity index is 1.75. The van der Waals surface area contributed by atoms with Crippen molar-refractivity contribution < 1.29 is 32.3 Å². The maximum Gasteiger partial charge on any atom is 0.416 e. The van der Waals surface area contributed by atoms with Crippen molar-refractivity contribution in [2.75, 3.05) is 7.11 Å². The molecule has 0 amide bonds. The largest absolute Gasteiger partial charge is 0.497 e. The monoisotopic (exact) mass is 408 g/mol. The van der Waals surface area contributed by atoms with Gasteiger partial charge in [-0.25, -0.2) is 10.5 Å². The summed E-state index contributed by atoms with van der Waals surface area (Å²) < 4.78 is 54.6. The number of halogens is 3. The number of methoxy groups -OCH3 is 1. The van der Waals surface area contributed by atoms with Crippen LogP contribution in [0.3, 0.4) is 0 Å². The lowest BCUT2D eigenvalue weighted by atomic mass is 10.1. The molecule has 0 atom stereocenters. The third kappa shape index (κ3) is 5.07. The van der Waals surface area contributed by atoms with E-state index in [4.69, 9.17) is 19.1 Å². The highest BCUT2D eigenvalue weighted by Gasteiger charge is 2.30. The topological polar surface area (TPSA) is 76.8 Å². The first-order valence-electron chi connectivity index (χ1n) is 8.62. The van der Waals surface area contributed by atoms with E-state index in [1.54, 1.807) is 25.1 Å². The van der Waals surface area contributed by atoms with E-state index in [1.165, 1.54) is 19.2 Å². The van der Waals surface area contributed by atoms with E-state index < -0.39 is 11.7 Å². The van der Waals surface area contributed by atoms with E-state index in [1.807, 2.05) is 0 Å². The Morgan fingerprint density at radius 1 is 1.10 bits per heavy atom. The van der Waals surface area contributed by atoms with Gasteiger partial charge in [0.15, 0.2) is 0 Å². The summed E-state index contributed by atoms with van der Waals surface area (Å²) in [6, 6.07) is 9.77. The van der Waals surface area contributed by atoms with Crippen LogP contribution in [-0.4, -0.2) is 17.3 Å². The number of aromatic nitrogens is 1. The molecule has 2 aromatic carbocycles. The van der Waals surface area contributed by atoms with Crippen LogP contribution in [0.5, 0.6) is 11.5 Å². The minimum Gasteiger partial charge on any atom is -0.497 e. The Kier molecular flexibility index (Phi) is 6.09. The van der Waals surface area contributed by atoms with Gasteiger partial charge in [0, 0.05) is 18.2 Å². The maximum atomic E-state index is 12.7. The summed E-state index contributed by atoms with van der Waals surface area (Å²) in [4.78, 5) is 4.33. The lowest BCUT2D eigenvalue weighted by molar-refractivity contribution is -0.137. The molecule has 154 valence electrons. The van der Waals surface area contributed by atoms with Gasteiger partial charge in [0.2, 0.25) is 5.89 Å². The van der Waals surface area contributed by atoms with Crippen LogP contribution in [-0.2, 0) is 19.3 Å². The van der Waals surface area contributed by atoms with Crippen LogP contribution in [0.15, 0.2) is 46.9 Å². The number of oxazole rings is 1. The molecule has 0 aliphatic rings. The highest BCUT2D eigenvalue weighted by molar-refractivity contribution is 5.54. The summed E-state index contributed by atoms with van der Waals surface area (Å²) in [6.45, 7) is 2.01. The molecule has 0 bridgehead atoms. The zero-order chi connectivity index (χ0) is 21.0. The van der Waals surface area contributed by atoms with Crippen molar-refractivity contribution in [3.8, 4) is 23.0 Å². The van der Waals surface area contributed by atoms with E-state index in [2.05, 4.69) is 10.5 Å². The number of nitrogens with one attached hydrogen (secondary N) is 1. The van der Waals surface area contributed by atoms with Gasteiger partial charge in [-0.15, -0.1) is 0 Å². The predicted octanol–water partition coefficient (Wildman–Crippen LogP) is 4.74. The molecule has 0 radical (unpaired) electrons. The SMILES string of the molecule is COc1cc(CNO)cc(OCc2nc(-c3ccc(C(F)(F)F)cc3)oc2C)c1. The summed E-state index contributed by atoms with van der Waals surface area (Å²) >= 11 is 0. The fourth-order valence-electron chi connectivity index (χ4n) is 2.66. The van der Waals surface area contributed by atoms with Crippen LogP contribution < -0.4 is 15.0 Å². The van der Waals surface area contributed by atoms with E-state index in [9.17, 15) is 13.2 Å². The Labute approximate surface area is 164 Å². The molecule has 0 spiro atoms. The van der Waals surface area contributed by atoms with Gasteiger partial charge < -0.3 is 19.1 Å². The predicted molar refractivity (Wildman–Crippen MR) is 97.6 cm³/mol. The summed E-state index contributed by atoms with van der Waals surface area (Å²) in [5.74, 6) is 1.79. The zero-order valence-corrected chi connectivity index (χ0v) is 15.7. The maximum absolute atomic E-state index is 12.7. The molecule has 2 N–H and O–H groups in total. The standard InChI is InChI=1S/C20H19F3N2O4/c1-12-18(11-28-17-8-13(10-24-26)7-16(9-17)27-2)25-19(29-12)14-3-5-15(6-4-14)20(21,22)23/h3-9,24,26H,10-11H2,1-2H3. The van der Waals surface area contributed by atoms with Crippen molar-refractivity contribution >= 4 is 0 Å². The summed E-state index contributed by atoms with van der Waals surface area (Å²) in [5, 5.41) is 8.87. The number of rotatable bonds is 7. The van der Waals surface area contributed by atoms with Crippen molar-refractivity contribution in [1.29, 1.82) is 0 Å². The molecular formula is C20H19F3N2O4. The number of hydrogen-bond donors (Lipinski definition) is 2. The van der Waals surface area contributed by atoms with Crippen molar-refractivity contribution in [1.82, 2.24) is 10.5 Å². The fraction of sp³-hybridized carbons (Fsp3) is 0.250. The highest BCUT2D eigenvalue weighted by atomic mass is 19.4. The smallest absolute Gasteiger partial charge is 0.416 e. The first-order valence-corrected chi connectivity index (χ1v) is 8.62. The molecular weight excluding hydrogens is 389 g/mol. The zero-order valence-electron chi connectivity index (χ0n) is 15.7. The van der Waals surface area contributed by atoms with Crippen LogP contribution in [0.4, 0.5) is 13.2 Å². The lowest BCUT2D eigenvalue weighted by Crippen LogP contribution is -2.06. The van der Waals surface area contributed by atoms with Gasteiger partial charge in [0.05, 0.1) is 12.7 Å². The van der Waals surface area contributed by atoms with E-state index in [0.717, 1.165) is 17.7 Å². The van der Waals surface area contributed by atoms with Crippen LogP contribution in [0.25, 0.3) is 11.5 Å². The van der Waals surface area contributed by atoms with E-state index in [-0.39, 0.29) is 19.0 Å². The normalized spacial score (nSPS) is 11.5. The summed E-state index contributed by atoms with van der Waals surface area (Å²) in [7, 11) is 1.52. The van der Waals surface area contributed by atoms with Crippen LogP contribution >= 0.6 is 0 Å². The molecule has 6 nitrogen and oxygen atoms in total. The lowest BCUT2D eigenvalue weighted by Gasteiger charge is -2.10. The van der Waals surface area contributed by atoms with Crippen molar-refractivity contribution in [2.24, 2.45) is 0 Å². The second-order valence-electron chi connectivity index (χ2n) is 6.24. The second-order valence-corrected chi connectivity index (χ2v) is 6.24. The number of ether oxygens (including phenoxy) is 2. The van der Waals surface area contributed by atoms with Crippen LogP contribution in [0, 0.1) is 6.92 Å². The van der Waals surface area contributed by atoms with Crippen LogP contribution in [0.2, 0.25) is 0 Å². The molecule has 3 rings (SSSR count). The number of hydrogen-bond acceptors (Lipinski definition) is 6. The number of aryl methyl sites for hydroxylation is 1. The van der Waals surface area contributed by atoms with Crippen molar-refractivity contribution in [3.05, 3.63) is 65.0 Å². The van der Waals surface area contributed by atoms with Crippen molar-refractivity contribution in [3.63, 3.8) is 0 Å². The average molecular weight is 408 g/mol. The molecule has 0 unspecified atom stereocenters. The third-order valence-corrected chi connectivity index (χ3v) is 4.19. The molecule has 3 aromatic rings. The van der Waals surface area contributed by atoms with E-state index in [0.29, 0.717) is 28.5 Å². The number of hydroxylamine groups is 1. The minimum absolute atomic E-state index is 0.0924. The Bertz CT molecular complexity index is 969. The second kappa shape index (κ2) is 8.54. The molecule has 1 heterocycles. The molecule has 1 aromatic heterocycles. The van der Waals surface area contributed by atoms with Gasteiger partial charge in [-0.1, -0.05) is 0 Å². The molecule has 0 saturated heterocycles. The van der Waals surface area contributed by atoms with Gasteiger partial charge in [-0.05, 0) is 48.9 Å². The van der Waals surface area contributed by atoms with Gasteiger partial charge >= 0.3 is 6.18 Å². The molecule has 9 heteroatoms. The van der Waals surface area contributed by atoms with Gasteiger partial charge in [0.1, 0.15) is 29.6 Å². The number of alkyl halides is 3. The summed E-state index contributed by atoms with van der Waals surface area (Å²) in [6.07, 6.45) is -4.40. The minimum atomic E-state index is -4.40. The van der Waals surface area contributed by atoms with Crippen LogP contribution in [0.1, 0.15) is 22.6 Å². The van der Waals surface area contributed by atoms with Gasteiger partial charge in [0.25, 0.3) is 0 Å².